The fourth-order valence-corrected chi connectivity index (χ4v) is 4.42. The summed E-state index contributed by atoms with van der Waals surface area (Å²) in [6.07, 6.45) is 7.53. The summed E-state index contributed by atoms with van der Waals surface area (Å²) in [4.78, 5) is 24.5. The number of hydrogen-bond donors (Lipinski definition) is 1. The molecule has 1 aromatic carbocycles. The van der Waals surface area contributed by atoms with E-state index in [9.17, 15) is 18.0 Å². The van der Waals surface area contributed by atoms with E-state index in [1.165, 1.54) is 44.5 Å². The minimum atomic E-state index is -4.09. The highest BCUT2D eigenvalue weighted by Crippen LogP contribution is 2.24. The van der Waals surface area contributed by atoms with Crippen molar-refractivity contribution >= 4 is 33.4 Å². The second kappa shape index (κ2) is 12.9. The van der Waals surface area contributed by atoms with Gasteiger partial charge < -0.3 is 5.32 Å². The van der Waals surface area contributed by atoms with Gasteiger partial charge in [0.05, 0.1) is 4.90 Å². The molecule has 0 heterocycles. The number of hydrogen-bond acceptors (Lipinski definition) is 4. The molecule has 1 rings (SSSR count). The summed E-state index contributed by atoms with van der Waals surface area (Å²) in [5, 5.41) is 2.89. The smallest absolute Gasteiger partial charge is 0.331 e. The average Bonchev–Trinajstić information content (AvgIpc) is 2.68. The Bertz CT molecular complexity index is 781. The van der Waals surface area contributed by atoms with Crippen LogP contribution in [0.15, 0.2) is 23.1 Å². The van der Waals surface area contributed by atoms with Crippen molar-refractivity contribution < 1.29 is 18.0 Å². The van der Waals surface area contributed by atoms with E-state index in [1.807, 2.05) is 6.92 Å². The van der Waals surface area contributed by atoms with Gasteiger partial charge in [0.15, 0.2) is 0 Å². The molecule has 0 atom stereocenters. The first-order valence-electron chi connectivity index (χ1n) is 10.3. The van der Waals surface area contributed by atoms with Gasteiger partial charge in [-0.25, -0.2) is 17.5 Å². The molecule has 0 saturated carbocycles. The number of unbranched alkanes of at least 4 members (excludes halogenated alkanes) is 5. The van der Waals surface area contributed by atoms with Crippen LogP contribution in [0.4, 0.5) is 4.79 Å². The summed E-state index contributed by atoms with van der Waals surface area (Å²) in [6, 6.07) is 3.60. The molecular weight excluding hydrogens is 412 g/mol. The van der Waals surface area contributed by atoms with Crippen molar-refractivity contribution in [1.82, 2.24) is 9.62 Å². The summed E-state index contributed by atoms with van der Waals surface area (Å²) in [5.41, 5.74) is 0.323. The van der Waals surface area contributed by atoms with Crippen LogP contribution in [-0.4, -0.2) is 38.1 Å². The topological polar surface area (TPSA) is 83.6 Å². The number of benzene rings is 1. The molecule has 0 unspecified atom stereocenters. The molecule has 0 spiro atoms. The third-order valence-corrected chi connectivity index (χ3v) is 6.75. The number of Topliss-reactive ketones (excluding diaryl/α,β-unsaturated/α-hetero) is 1. The lowest BCUT2D eigenvalue weighted by atomic mass is 10.0. The molecule has 1 aromatic rings. The maximum Gasteiger partial charge on any atom is 0.331 e. The van der Waals surface area contributed by atoms with E-state index in [0.29, 0.717) is 34.3 Å². The standard InChI is InChI=1S/C21H33ClN2O4S/c1-4-6-7-8-9-10-11-19(25)16-17-15-18(22)12-13-20(17)29(27,28)24(3)21(26)23-14-5-2/h12-13,15H,4-11,14,16H2,1-3H3,(H,23,26). The number of rotatable bonds is 13. The summed E-state index contributed by atoms with van der Waals surface area (Å²) < 4.78 is 26.5. The quantitative estimate of drug-likeness (QED) is 0.436. The van der Waals surface area contributed by atoms with Gasteiger partial charge in [-0.3, -0.25) is 4.79 Å². The highest BCUT2D eigenvalue weighted by atomic mass is 35.5. The Morgan fingerprint density at radius 1 is 1.03 bits per heavy atom. The van der Waals surface area contributed by atoms with Crippen LogP contribution in [-0.2, 0) is 21.2 Å². The molecule has 0 radical (unpaired) electrons. The Morgan fingerprint density at radius 2 is 1.69 bits per heavy atom. The van der Waals surface area contributed by atoms with Crippen LogP contribution in [0, 0.1) is 0 Å². The van der Waals surface area contributed by atoms with E-state index in [0.717, 1.165) is 19.3 Å². The van der Waals surface area contributed by atoms with Gasteiger partial charge in [-0.2, -0.15) is 0 Å². The monoisotopic (exact) mass is 444 g/mol. The predicted octanol–water partition coefficient (Wildman–Crippen LogP) is 4.94. The molecule has 6 nitrogen and oxygen atoms in total. The first-order chi connectivity index (χ1) is 13.7. The van der Waals surface area contributed by atoms with Crippen LogP contribution in [0.1, 0.15) is 70.8 Å². The zero-order valence-corrected chi connectivity index (χ0v) is 19.2. The second-order valence-electron chi connectivity index (χ2n) is 7.19. The fourth-order valence-electron chi connectivity index (χ4n) is 2.94. The highest BCUT2D eigenvalue weighted by molar-refractivity contribution is 7.89. The van der Waals surface area contributed by atoms with Gasteiger partial charge in [0, 0.05) is 31.5 Å². The highest BCUT2D eigenvalue weighted by Gasteiger charge is 2.28. The molecule has 0 bridgehead atoms. The Labute approximate surface area is 180 Å². The van der Waals surface area contributed by atoms with Gasteiger partial charge in [-0.05, 0) is 36.6 Å². The third kappa shape index (κ3) is 8.34. The molecule has 0 aliphatic heterocycles. The Balaban J connectivity index is 2.86. The molecule has 0 aromatic heterocycles. The molecule has 1 N–H and O–H groups in total. The van der Waals surface area contributed by atoms with E-state index in [1.54, 1.807) is 0 Å². The predicted molar refractivity (Wildman–Crippen MR) is 117 cm³/mol. The minimum Gasteiger partial charge on any atom is -0.337 e. The van der Waals surface area contributed by atoms with Gasteiger partial charge in [-0.1, -0.05) is 57.6 Å². The molecule has 0 fully saturated rings. The van der Waals surface area contributed by atoms with Crippen molar-refractivity contribution in [3.8, 4) is 0 Å². The van der Waals surface area contributed by atoms with Crippen molar-refractivity contribution in [2.45, 2.75) is 76.5 Å². The third-order valence-electron chi connectivity index (χ3n) is 4.67. The number of urea groups is 1. The molecule has 164 valence electrons. The van der Waals surface area contributed by atoms with Crippen molar-refractivity contribution in [3.63, 3.8) is 0 Å². The van der Waals surface area contributed by atoms with Crippen molar-refractivity contribution in [2.75, 3.05) is 13.6 Å². The maximum atomic E-state index is 12.9. The molecular formula is C21H33ClN2O4S. The molecule has 0 saturated heterocycles. The first kappa shape index (κ1) is 25.4. The number of nitrogens with zero attached hydrogens (tertiary/aromatic N) is 1. The number of halogens is 1. The van der Waals surface area contributed by atoms with E-state index in [2.05, 4.69) is 12.2 Å². The number of ketones is 1. The largest absolute Gasteiger partial charge is 0.337 e. The molecule has 29 heavy (non-hydrogen) atoms. The van der Waals surface area contributed by atoms with Crippen LogP contribution in [0.5, 0.6) is 0 Å². The van der Waals surface area contributed by atoms with E-state index < -0.39 is 16.1 Å². The van der Waals surface area contributed by atoms with Gasteiger partial charge in [0.1, 0.15) is 5.78 Å². The van der Waals surface area contributed by atoms with Crippen LogP contribution in [0.2, 0.25) is 5.02 Å². The van der Waals surface area contributed by atoms with Crippen molar-refractivity contribution in [3.05, 3.63) is 28.8 Å². The SMILES string of the molecule is CCCCCCCCC(=O)Cc1cc(Cl)ccc1S(=O)(=O)N(C)C(=O)NCCC. The zero-order valence-electron chi connectivity index (χ0n) is 17.7. The normalized spacial score (nSPS) is 11.3. The first-order valence-corrected chi connectivity index (χ1v) is 12.1. The number of nitrogens with one attached hydrogen (secondary N) is 1. The lowest BCUT2D eigenvalue weighted by Gasteiger charge is -2.20. The van der Waals surface area contributed by atoms with Gasteiger partial charge in [0.2, 0.25) is 0 Å². The van der Waals surface area contributed by atoms with Gasteiger partial charge >= 0.3 is 6.03 Å². The van der Waals surface area contributed by atoms with Gasteiger partial charge in [-0.15, -0.1) is 0 Å². The van der Waals surface area contributed by atoms with E-state index >= 15 is 0 Å². The van der Waals surface area contributed by atoms with Crippen LogP contribution in [0.3, 0.4) is 0 Å². The lowest BCUT2D eigenvalue weighted by Crippen LogP contribution is -2.41. The average molecular weight is 445 g/mol. The number of amides is 2. The van der Waals surface area contributed by atoms with E-state index in [-0.39, 0.29) is 17.1 Å². The molecule has 0 aliphatic rings. The number of carbonyl (C=O) groups excluding carboxylic acids is 2. The Kier molecular flexibility index (Phi) is 11.3. The summed E-state index contributed by atoms with van der Waals surface area (Å²) in [6.45, 7) is 4.41. The zero-order chi connectivity index (χ0) is 21.9. The second-order valence-corrected chi connectivity index (χ2v) is 9.56. The lowest BCUT2D eigenvalue weighted by molar-refractivity contribution is -0.118. The molecule has 0 aliphatic carbocycles. The van der Waals surface area contributed by atoms with E-state index in [4.69, 9.17) is 11.6 Å². The summed E-state index contributed by atoms with van der Waals surface area (Å²) in [7, 11) is -2.88. The van der Waals surface area contributed by atoms with Crippen LogP contribution >= 0.6 is 11.6 Å². The Hall–Kier alpha value is -1.60. The molecule has 8 heteroatoms. The maximum absolute atomic E-state index is 12.9. The van der Waals surface area contributed by atoms with Crippen LogP contribution < -0.4 is 5.32 Å². The van der Waals surface area contributed by atoms with Crippen LogP contribution in [0.25, 0.3) is 0 Å². The van der Waals surface area contributed by atoms with Crippen molar-refractivity contribution in [2.24, 2.45) is 0 Å². The summed E-state index contributed by atoms with van der Waals surface area (Å²) in [5.74, 6) is -0.0303. The molecule has 2 amide bonds. The minimum absolute atomic E-state index is 0.0193. The Morgan fingerprint density at radius 3 is 2.34 bits per heavy atom. The fraction of sp³-hybridized carbons (Fsp3) is 0.619. The number of carbonyl (C=O) groups is 2. The van der Waals surface area contributed by atoms with Crippen molar-refractivity contribution in [1.29, 1.82) is 0 Å². The summed E-state index contributed by atoms with van der Waals surface area (Å²) >= 11 is 6.04. The van der Waals surface area contributed by atoms with Gasteiger partial charge in [0.25, 0.3) is 10.0 Å². The number of sulfonamides is 1.